The maximum Gasteiger partial charge on any atom is 0.255 e. The summed E-state index contributed by atoms with van der Waals surface area (Å²) in [5.74, 6) is -0.312. The van der Waals surface area contributed by atoms with Gasteiger partial charge in [0.2, 0.25) is 0 Å². The van der Waals surface area contributed by atoms with E-state index in [1.54, 1.807) is 36.4 Å². The highest BCUT2D eigenvalue weighted by Gasteiger charge is 2.22. The summed E-state index contributed by atoms with van der Waals surface area (Å²) in [6, 6.07) is 16.0. The Hall–Kier alpha value is -3.09. The van der Waals surface area contributed by atoms with E-state index in [0.717, 1.165) is 37.2 Å². The third kappa shape index (κ3) is 6.32. The van der Waals surface area contributed by atoms with Crippen LogP contribution in [0.2, 0.25) is 10.0 Å². The van der Waals surface area contributed by atoms with Crippen molar-refractivity contribution in [2.75, 3.05) is 23.3 Å². The number of benzene rings is 3. The van der Waals surface area contributed by atoms with Crippen LogP contribution in [0.1, 0.15) is 46.0 Å². The van der Waals surface area contributed by atoms with Gasteiger partial charge < -0.3 is 15.5 Å². The van der Waals surface area contributed by atoms with Crippen molar-refractivity contribution in [2.24, 2.45) is 5.92 Å². The molecular weight excluding hydrogens is 488 g/mol. The molecule has 1 aliphatic heterocycles. The molecule has 0 unspecified atom stereocenters. The van der Waals surface area contributed by atoms with Gasteiger partial charge in [0.15, 0.2) is 0 Å². The monoisotopic (exact) mass is 513 g/mol. The van der Waals surface area contributed by atoms with Crippen LogP contribution in [0, 0.1) is 11.7 Å². The maximum absolute atomic E-state index is 13.2. The molecule has 4 rings (SSSR count). The number of amides is 2. The molecule has 2 N–H and O–H groups in total. The number of piperidine rings is 1. The average Bonchev–Trinajstić information content (AvgIpc) is 2.85. The van der Waals surface area contributed by atoms with E-state index < -0.39 is 0 Å². The van der Waals surface area contributed by atoms with Gasteiger partial charge in [0.05, 0.1) is 15.6 Å². The Morgan fingerprint density at radius 1 is 0.943 bits per heavy atom. The van der Waals surface area contributed by atoms with E-state index in [0.29, 0.717) is 27.8 Å². The number of nitrogens with zero attached hydrogens (tertiary/aromatic N) is 1. The molecule has 8 heteroatoms. The van der Waals surface area contributed by atoms with E-state index in [1.807, 2.05) is 6.07 Å². The molecule has 3 aromatic carbocycles. The number of anilines is 2. The SMILES string of the molecule is CC1CCN(c2ccc(NC(=O)c3ccc(Cl)c(Cl)c3)cc2C(=O)NCc2ccc(F)cc2)CC1. The zero-order valence-corrected chi connectivity index (χ0v) is 20.8. The van der Waals surface area contributed by atoms with Crippen LogP contribution in [0.25, 0.3) is 0 Å². The van der Waals surface area contributed by atoms with Crippen LogP contribution in [0.5, 0.6) is 0 Å². The zero-order valence-electron chi connectivity index (χ0n) is 19.3. The summed E-state index contributed by atoms with van der Waals surface area (Å²) in [5.41, 5.74) is 2.92. The summed E-state index contributed by atoms with van der Waals surface area (Å²) in [7, 11) is 0. The van der Waals surface area contributed by atoms with Crippen molar-refractivity contribution in [1.29, 1.82) is 0 Å². The summed E-state index contributed by atoms with van der Waals surface area (Å²) in [4.78, 5) is 28.2. The van der Waals surface area contributed by atoms with Crippen molar-refractivity contribution < 1.29 is 14.0 Å². The minimum Gasteiger partial charge on any atom is -0.371 e. The second kappa shape index (κ2) is 11.1. The Labute approximate surface area is 214 Å². The topological polar surface area (TPSA) is 61.4 Å². The van der Waals surface area contributed by atoms with Gasteiger partial charge in [0.1, 0.15) is 5.82 Å². The van der Waals surface area contributed by atoms with Gasteiger partial charge in [0.25, 0.3) is 11.8 Å². The molecule has 0 saturated carbocycles. The maximum atomic E-state index is 13.2. The molecule has 0 atom stereocenters. The molecule has 1 aliphatic rings. The van der Waals surface area contributed by atoms with Crippen LogP contribution >= 0.6 is 23.2 Å². The van der Waals surface area contributed by atoms with Crippen molar-refractivity contribution in [3.05, 3.63) is 93.2 Å². The van der Waals surface area contributed by atoms with Crippen LogP contribution in [0.3, 0.4) is 0 Å². The Morgan fingerprint density at radius 2 is 1.66 bits per heavy atom. The standard InChI is InChI=1S/C27H26Cl2FN3O2/c1-17-10-12-33(13-11-17)25-9-7-21(32-26(34)19-4-8-23(28)24(29)14-19)15-22(25)27(35)31-16-18-2-5-20(30)6-3-18/h2-9,14-15,17H,10-13,16H2,1H3,(H,31,35)(H,32,34). The molecule has 0 aliphatic carbocycles. The summed E-state index contributed by atoms with van der Waals surface area (Å²) in [6.07, 6.45) is 2.10. The fraction of sp³-hybridized carbons (Fsp3) is 0.259. The van der Waals surface area contributed by atoms with Crippen molar-refractivity contribution in [1.82, 2.24) is 5.32 Å². The van der Waals surface area contributed by atoms with E-state index in [9.17, 15) is 14.0 Å². The van der Waals surface area contributed by atoms with Crippen molar-refractivity contribution >= 4 is 46.4 Å². The van der Waals surface area contributed by atoms with E-state index >= 15 is 0 Å². The molecular formula is C27H26Cl2FN3O2. The smallest absolute Gasteiger partial charge is 0.255 e. The van der Waals surface area contributed by atoms with Gasteiger partial charge in [-0.2, -0.15) is 0 Å². The van der Waals surface area contributed by atoms with Gasteiger partial charge in [-0.05, 0) is 72.9 Å². The first kappa shape index (κ1) is 25.0. The van der Waals surface area contributed by atoms with Gasteiger partial charge in [-0.3, -0.25) is 9.59 Å². The number of rotatable bonds is 6. The number of nitrogens with one attached hydrogen (secondary N) is 2. The van der Waals surface area contributed by atoms with E-state index in [2.05, 4.69) is 22.5 Å². The number of carbonyl (C=O) groups is 2. The van der Waals surface area contributed by atoms with Crippen LogP contribution in [-0.2, 0) is 6.54 Å². The Morgan fingerprint density at radius 3 is 2.34 bits per heavy atom. The lowest BCUT2D eigenvalue weighted by atomic mass is 9.97. The minimum atomic E-state index is -0.360. The first-order valence-electron chi connectivity index (χ1n) is 11.5. The Bertz CT molecular complexity index is 1230. The summed E-state index contributed by atoms with van der Waals surface area (Å²) in [6.45, 7) is 4.20. The van der Waals surface area contributed by atoms with Gasteiger partial charge in [-0.25, -0.2) is 4.39 Å². The number of halogens is 3. The van der Waals surface area contributed by atoms with Gasteiger partial charge in [-0.15, -0.1) is 0 Å². The average molecular weight is 514 g/mol. The highest BCUT2D eigenvalue weighted by Crippen LogP contribution is 2.29. The highest BCUT2D eigenvalue weighted by molar-refractivity contribution is 6.42. The number of hydrogen-bond donors (Lipinski definition) is 2. The summed E-state index contributed by atoms with van der Waals surface area (Å²) >= 11 is 12.0. The molecule has 0 radical (unpaired) electrons. The quantitative estimate of drug-likeness (QED) is 0.392. The third-order valence-corrected chi connectivity index (χ3v) is 6.91. The molecule has 0 aromatic heterocycles. The predicted octanol–water partition coefficient (Wildman–Crippen LogP) is 6.55. The molecule has 182 valence electrons. The van der Waals surface area contributed by atoms with Crippen LogP contribution < -0.4 is 15.5 Å². The lowest BCUT2D eigenvalue weighted by Crippen LogP contribution is -2.35. The Kier molecular flexibility index (Phi) is 7.93. The first-order valence-corrected chi connectivity index (χ1v) is 12.2. The summed E-state index contributed by atoms with van der Waals surface area (Å²) < 4.78 is 13.2. The van der Waals surface area contributed by atoms with Crippen molar-refractivity contribution in [3.63, 3.8) is 0 Å². The Balaban J connectivity index is 1.57. The van der Waals surface area contributed by atoms with Crippen LogP contribution in [0.4, 0.5) is 15.8 Å². The molecule has 1 fully saturated rings. The second-order valence-electron chi connectivity index (χ2n) is 8.79. The largest absolute Gasteiger partial charge is 0.371 e. The minimum absolute atomic E-state index is 0.259. The van der Waals surface area contributed by atoms with Crippen LogP contribution in [-0.4, -0.2) is 24.9 Å². The van der Waals surface area contributed by atoms with E-state index in [-0.39, 0.29) is 29.2 Å². The molecule has 3 aromatic rings. The number of hydrogen-bond acceptors (Lipinski definition) is 3. The second-order valence-corrected chi connectivity index (χ2v) is 9.61. The lowest BCUT2D eigenvalue weighted by Gasteiger charge is -2.33. The molecule has 35 heavy (non-hydrogen) atoms. The van der Waals surface area contributed by atoms with Gasteiger partial charge >= 0.3 is 0 Å². The van der Waals surface area contributed by atoms with E-state index in [1.165, 1.54) is 18.2 Å². The van der Waals surface area contributed by atoms with Crippen LogP contribution in [0.15, 0.2) is 60.7 Å². The molecule has 0 spiro atoms. The first-order chi connectivity index (χ1) is 16.8. The predicted molar refractivity (Wildman–Crippen MR) is 139 cm³/mol. The molecule has 1 saturated heterocycles. The van der Waals surface area contributed by atoms with E-state index in [4.69, 9.17) is 23.2 Å². The van der Waals surface area contributed by atoms with Gasteiger partial charge in [0, 0.05) is 36.6 Å². The molecule has 5 nitrogen and oxygen atoms in total. The third-order valence-electron chi connectivity index (χ3n) is 6.17. The highest BCUT2D eigenvalue weighted by atomic mass is 35.5. The zero-order chi connectivity index (χ0) is 24.9. The fourth-order valence-electron chi connectivity index (χ4n) is 4.04. The van der Waals surface area contributed by atoms with Crippen molar-refractivity contribution in [3.8, 4) is 0 Å². The fourth-order valence-corrected chi connectivity index (χ4v) is 4.34. The normalized spacial score (nSPS) is 14.0. The van der Waals surface area contributed by atoms with Gasteiger partial charge in [-0.1, -0.05) is 42.3 Å². The molecule has 2 amide bonds. The molecule has 1 heterocycles. The lowest BCUT2D eigenvalue weighted by molar-refractivity contribution is 0.0950. The van der Waals surface area contributed by atoms with Crippen molar-refractivity contribution in [2.45, 2.75) is 26.3 Å². The number of carbonyl (C=O) groups excluding carboxylic acids is 2. The molecule has 0 bridgehead atoms. The summed E-state index contributed by atoms with van der Waals surface area (Å²) in [5, 5.41) is 6.40.